The van der Waals surface area contributed by atoms with Crippen molar-refractivity contribution in [2.45, 2.75) is 59.9 Å². The van der Waals surface area contributed by atoms with E-state index in [9.17, 15) is 14.4 Å². The number of nitrogens with zero attached hydrogens (tertiary/aromatic N) is 1. The number of carbonyl (C=O) groups excluding carboxylic acids is 2. The van der Waals surface area contributed by atoms with Gasteiger partial charge in [0.2, 0.25) is 0 Å². The Bertz CT molecular complexity index is 427. The second kappa shape index (κ2) is 9.15. The first-order valence-electron chi connectivity index (χ1n) is 7.25. The molecule has 0 unspecified atom stereocenters. The Balaban J connectivity index is 4.79. The molecule has 0 aromatic heterocycles. The van der Waals surface area contributed by atoms with Crippen molar-refractivity contribution in [3.63, 3.8) is 0 Å². The maximum Gasteiger partial charge on any atom is 0.331 e. The van der Waals surface area contributed by atoms with E-state index in [0.717, 1.165) is 19.3 Å². The van der Waals surface area contributed by atoms with Crippen molar-refractivity contribution in [1.29, 1.82) is 0 Å². The summed E-state index contributed by atoms with van der Waals surface area (Å²) < 4.78 is 0. The first-order chi connectivity index (χ1) is 9.72. The molecule has 0 atom stereocenters. The fourth-order valence-electron chi connectivity index (χ4n) is 1.72. The molecule has 0 aromatic carbocycles. The van der Waals surface area contributed by atoms with Crippen molar-refractivity contribution in [1.82, 2.24) is 10.2 Å². The first kappa shape index (κ1) is 19.1. The van der Waals surface area contributed by atoms with Crippen LogP contribution in [-0.4, -0.2) is 40.5 Å². The van der Waals surface area contributed by atoms with Crippen molar-refractivity contribution in [3.8, 4) is 0 Å². The highest BCUT2D eigenvalue weighted by Crippen LogP contribution is 2.07. The second-order valence-electron chi connectivity index (χ2n) is 5.31. The zero-order valence-electron chi connectivity index (χ0n) is 13.5. The average molecular weight is 298 g/mol. The summed E-state index contributed by atoms with van der Waals surface area (Å²) in [6.45, 7) is 9.13. The van der Waals surface area contributed by atoms with E-state index in [-0.39, 0.29) is 17.2 Å². The summed E-state index contributed by atoms with van der Waals surface area (Å²) in [6, 6.07) is -0.511. The summed E-state index contributed by atoms with van der Waals surface area (Å²) in [5.74, 6) is -1.83. The lowest BCUT2D eigenvalue weighted by atomic mass is 10.1. The molecule has 0 rings (SSSR count). The quantitative estimate of drug-likeness (QED) is 0.558. The Morgan fingerprint density at radius 1 is 1.10 bits per heavy atom. The van der Waals surface area contributed by atoms with Gasteiger partial charge in [-0.15, -0.1) is 0 Å². The molecule has 0 aliphatic rings. The molecule has 21 heavy (non-hydrogen) atoms. The Morgan fingerprint density at radius 2 is 1.67 bits per heavy atom. The lowest BCUT2D eigenvalue weighted by Crippen LogP contribution is -2.47. The number of unbranched alkanes of at least 4 members (excludes halogenated alkanes) is 2. The van der Waals surface area contributed by atoms with Crippen molar-refractivity contribution < 1.29 is 19.5 Å². The van der Waals surface area contributed by atoms with Crippen LogP contribution in [0.4, 0.5) is 4.79 Å². The third-order valence-electron chi connectivity index (χ3n) is 3.33. The number of nitrogens with one attached hydrogen (secondary N) is 1. The standard InChI is InChI=1S/C15H26N2O4/c1-6-7-8-9-17(10(2)3)15(21)16-13(18)11(4)12(5)14(19)20/h10H,6-9H2,1-5H3,(H,19,20)(H,16,18,21). The molecule has 120 valence electrons. The van der Waals surface area contributed by atoms with Crippen LogP contribution in [0.2, 0.25) is 0 Å². The number of urea groups is 1. The minimum atomic E-state index is -1.17. The maximum atomic E-state index is 12.1. The van der Waals surface area contributed by atoms with E-state index in [1.54, 1.807) is 4.90 Å². The highest BCUT2D eigenvalue weighted by Gasteiger charge is 2.21. The molecule has 0 aromatic rings. The van der Waals surface area contributed by atoms with E-state index >= 15 is 0 Å². The smallest absolute Gasteiger partial charge is 0.331 e. The van der Waals surface area contributed by atoms with Crippen molar-refractivity contribution >= 4 is 17.9 Å². The molecule has 0 bridgehead atoms. The normalized spacial score (nSPS) is 11.9. The van der Waals surface area contributed by atoms with Gasteiger partial charge >= 0.3 is 12.0 Å². The molecule has 0 aliphatic heterocycles. The lowest BCUT2D eigenvalue weighted by molar-refractivity contribution is -0.133. The zero-order chi connectivity index (χ0) is 16.6. The highest BCUT2D eigenvalue weighted by atomic mass is 16.4. The fourth-order valence-corrected chi connectivity index (χ4v) is 1.72. The minimum Gasteiger partial charge on any atom is -0.478 e. The van der Waals surface area contributed by atoms with Crippen LogP contribution in [0, 0.1) is 0 Å². The van der Waals surface area contributed by atoms with Crippen molar-refractivity contribution in [2.24, 2.45) is 0 Å². The van der Waals surface area contributed by atoms with Gasteiger partial charge < -0.3 is 10.0 Å². The van der Waals surface area contributed by atoms with Crippen LogP contribution < -0.4 is 5.32 Å². The van der Waals surface area contributed by atoms with Gasteiger partial charge in [-0.05, 0) is 34.1 Å². The van der Waals surface area contributed by atoms with Gasteiger partial charge in [-0.3, -0.25) is 10.1 Å². The predicted molar refractivity (Wildman–Crippen MR) is 80.9 cm³/mol. The van der Waals surface area contributed by atoms with Gasteiger partial charge in [0.15, 0.2) is 0 Å². The molecule has 0 fully saturated rings. The van der Waals surface area contributed by atoms with Crippen LogP contribution in [-0.2, 0) is 9.59 Å². The van der Waals surface area contributed by atoms with Crippen LogP contribution in [0.25, 0.3) is 0 Å². The molecule has 0 radical (unpaired) electrons. The summed E-state index contributed by atoms with van der Waals surface area (Å²) in [5, 5.41) is 11.1. The van der Waals surface area contributed by atoms with Crippen LogP contribution in [0.1, 0.15) is 53.9 Å². The molecule has 2 N–H and O–H groups in total. The molecule has 6 nitrogen and oxygen atoms in total. The van der Waals surface area contributed by atoms with E-state index in [0.29, 0.717) is 6.54 Å². The van der Waals surface area contributed by atoms with E-state index in [4.69, 9.17) is 5.11 Å². The SMILES string of the molecule is CCCCCN(C(=O)NC(=O)C(C)=C(C)C(=O)O)C(C)C. The predicted octanol–water partition coefficient (Wildman–Crippen LogP) is 2.54. The van der Waals surface area contributed by atoms with Gasteiger partial charge in [-0.1, -0.05) is 19.8 Å². The van der Waals surface area contributed by atoms with Gasteiger partial charge in [0.05, 0.1) is 0 Å². The van der Waals surface area contributed by atoms with Gasteiger partial charge in [0.25, 0.3) is 5.91 Å². The summed E-state index contributed by atoms with van der Waals surface area (Å²) >= 11 is 0. The highest BCUT2D eigenvalue weighted by molar-refractivity contribution is 6.07. The van der Waals surface area contributed by atoms with Crippen LogP contribution in [0.5, 0.6) is 0 Å². The number of carboxylic acid groups (broad SMARTS) is 1. The van der Waals surface area contributed by atoms with Gasteiger partial charge in [0, 0.05) is 23.7 Å². The summed E-state index contributed by atoms with van der Waals surface area (Å²) in [4.78, 5) is 36.4. The number of amides is 3. The zero-order valence-corrected chi connectivity index (χ0v) is 13.5. The second-order valence-corrected chi connectivity index (χ2v) is 5.31. The number of aliphatic carboxylic acids is 1. The monoisotopic (exact) mass is 298 g/mol. The van der Waals surface area contributed by atoms with Gasteiger partial charge in [-0.2, -0.15) is 0 Å². The maximum absolute atomic E-state index is 12.1. The molecular formula is C15H26N2O4. The third kappa shape index (κ3) is 6.42. The average Bonchev–Trinajstić information content (AvgIpc) is 2.40. The number of imide groups is 1. The molecular weight excluding hydrogens is 272 g/mol. The largest absolute Gasteiger partial charge is 0.478 e. The van der Waals surface area contributed by atoms with E-state index < -0.39 is 17.9 Å². The Labute approximate surface area is 126 Å². The molecule has 0 saturated heterocycles. The molecule has 0 spiro atoms. The van der Waals surface area contributed by atoms with Crippen molar-refractivity contribution in [3.05, 3.63) is 11.1 Å². The summed E-state index contributed by atoms with van der Waals surface area (Å²) in [7, 11) is 0. The number of hydrogen-bond acceptors (Lipinski definition) is 3. The fraction of sp³-hybridized carbons (Fsp3) is 0.667. The molecule has 3 amide bonds. The van der Waals surface area contributed by atoms with E-state index in [1.165, 1.54) is 13.8 Å². The molecule has 0 aliphatic carbocycles. The Hall–Kier alpha value is -1.85. The molecule has 0 saturated carbocycles. The summed E-state index contributed by atoms with van der Waals surface area (Å²) in [5.41, 5.74) is -0.0319. The van der Waals surface area contributed by atoms with Gasteiger partial charge in [0.1, 0.15) is 0 Å². The number of carbonyl (C=O) groups is 3. The van der Waals surface area contributed by atoms with Crippen LogP contribution in [0.3, 0.4) is 0 Å². The Kier molecular flexibility index (Phi) is 8.35. The van der Waals surface area contributed by atoms with E-state index in [1.807, 2.05) is 13.8 Å². The number of carboxylic acids is 1. The van der Waals surface area contributed by atoms with Crippen molar-refractivity contribution in [2.75, 3.05) is 6.54 Å². The topological polar surface area (TPSA) is 86.7 Å². The third-order valence-corrected chi connectivity index (χ3v) is 3.33. The molecule has 6 heteroatoms. The Morgan fingerprint density at radius 3 is 2.10 bits per heavy atom. The first-order valence-corrected chi connectivity index (χ1v) is 7.25. The van der Waals surface area contributed by atoms with Gasteiger partial charge in [-0.25, -0.2) is 9.59 Å². The van der Waals surface area contributed by atoms with Crippen LogP contribution >= 0.6 is 0 Å². The van der Waals surface area contributed by atoms with E-state index in [2.05, 4.69) is 12.2 Å². The number of rotatable bonds is 7. The lowest BCUT2D eigenvalue weighted by Gasteiger charge is -2.26. The van der Waals surface area contributed by atoms with Crippen LogP contribution in [0.15, 0.2) is 11.1 Å². The number of hydrogen-bond donors (Lipinski definition) is 2. The summed E-state index contributed by atoms with van der Waals surface area (Å²) in [6.07, 6.45) is 2.94. The minimum absolute atomic E-state index is 0.0282. The molecule has 0 heterocycles.